The highest BCUT2D eigenvalue weighted by atomic mass is 35.5. The van der Waals surface area contributed by atoms with Gasteiger partial charge in [-0.05, 0) is 30.5 Å². The predicted molar refractivity (Wildman–Crippen MR) is 74.3 cm³/mol. The first-order chi connectivity index (χ1) is 8.54. The van der Waals surface area contributed by atoms with Crippen molar-refractivity contribution in [3.8, 4) is 0 Å². The van der Waals surface area contributed by atoms with Gasteiger partial charge in [0.1, 0.15) is 0 Å². The molecule has 0 amide bonds. The van der Waals surface area contributed by atoms with Gasteiger partial charge in [-0.1, -0.05) is 29.3 Å². The van der Waals surface area contributed by atoms with Gasteiger partial charge in [0.15, 0.2) is 5.78 Å². The van der Waals surface area contributed by atoms with Gasteiger partial charge >= 0.3 is 0 Å². The summed E-state index contributed by atoms with van der Waals surface area (Å²) in [6, 6.07) is 4.63. The van der Waals surface area contributed by atoms with Crippen molar-refractivity contribution in [2.45, 2.75) is 25.3 Å². The number of carbonyl (C=O) groups is 1. The van der Waals surface area contributed by atoms with Crippen molar-refractivity contribution in [2.75, 3.05) is 13.7 Å². The third-order valence-electron chi connectivity index (χ3n) is 2.66. The van der Waals surface area contributed by atoms with Gasteiger partial charge in [-0.15, -0.1) is 0 Å². The fourth-order valence-electron chi connectivity index (χ4n) is 1.59. The van der Waals surface area contributed by atoms with Crippen molar-refractivity contribution in [2.24, 2.45) is 5.73 Å². The zero-order valence-corrected chi connectivity index (χ0v) is 11.8. The van der Waals surface area contributed by atoms with Crippen molar-refractivity contribution in [1.82, 2.24) is 0 Å². The minimum Gasteiger partial charge on any atom is -0.385 e. The van der Waals surface area contributed by atoms with Crippen LogP contribution in [0.2, 0.25) is 10.0 Å². The summed E-state index contributed by atoms with van der Waals surface area (Å²) >= 11 is 11.8. The van der Waals surface area contributed by atoms with E-state index in [1.165, 1.54) is 0 Å². The molecule has 1 unspecified atom stereocenters. The summed E-state index contributed by atoms with van der Waals surface area (Å²) in [5.74, 6) is -0.0182. The van der Waals surface area contributed by atoms with Gasteiger partial charge in [-0.2, -0.15) is 0 Å². The molecule has 1 atom stereocenters. The minimum absolute atomic E-state index is 0.0182. The van der Waals surface area contributed by atoms with Gasteiger partial charge in [-0.25, -0.2) is 0 Å². The van der Waals surface area contributed by atoms with Crippen molar-refractivity contribution >= 4 is 29.0 Å². The molecule has 0 aliphatic rings. The summed E-state index contributed by atoms with van der Waals surface area (Å²) < 4.78 is 4.92. The molecule has 0 aromatic heterocycles. The summed E-state index contributed by atoms with van der Waals surface area (Å²) in [5.41, 5.74) is 6.57. The van der Waals surface area contributed by atoms with E-state index in [0.29, 0.717) is 23.1 Å². The first-order valence-corrected chi connectivity index (χ1v) is 6.51. The number of halogens is 2. The number of nitrogens with two attached hydrogens (primary N) is 1. The van der Waals surface area contributed by atoms with Crippen LogP contribution < -0.4 is 5.73 Å². The summed E-state index contributed by atoms with van der Waals surface area (Å²) in [5, 5.41) is 1.06. The average molecular weight is 290 g/mol. The Morgan fingerprint density at radius 1 is 1.44 bits per heavy atom. The fourth-order valence-corrected chi connectivity index (χ4v) is 2.07. The van der Waals surface area contributed by atoms with Gasteiger partial charge in [0.25, 0.3) is 0 Å². The second kappa shape index (κ2) is 7.74. The summed E-state index contributed by atoms with van der Waals surface area (Å²) in [6.07, 6.45) is 1.64. The lowest BCUT2D eigenvalue weighted by Gasteiger charge is -2.11. The van der Waals surface area contributed by atoms with E-state index in [9.17, 15) is 4.79 Å². The van der Waals surface area contributed by atoms with Crippen molar-refractivity contribution in [1.29, 1.82) is 0 Å². The zero-order chi connectivity index (χ0) is 13.5. The minimum atomic E-state index is -0.466. The van der Waals surface area contributed by atoms with Crippen LogP contribution >= 0.6 is 23.2 Å². The van der Waals surface area contributed by atoms with Gasteiger partial charge in [0.05, 0.1) is 6.04 Å². The van der Waals surface area contributed by atoms with Crippen LogP contribution in [0.1, 0.15) is 18.4 Å². The SMILES string of the molecule is COCCCC(N)C(=O)Cc1ccc(Cl)cc1Cl. The third kappa shape index (κ3) is 4.94. The van der Waals surface area contributed by atoms with Crippen molar-refractivity contribution < 1.29 is 9.53 Å². The second-order valence-corrected chi connectivity index (χ2v) is 4.96. The maximum atomic E-state index is 11.9. The molecule has 5 heteroatoms. The standard InChI is InChI=1S/C13H17Cl2NO2/c1-18-6-2-3-12(16)13(17)7-9-4-5-10(14)8-11(9)15/h4-5,8,12H,2-3,6-7,16H2,1H3. The highest BCUT2D eigenvalue weighted by Crippen LogP contribution is 2.21. The van der Waals surface area contributed by atoms with E-state index in [1.807, 2.05) is 0 Å². The number of benzene rings is 1. The molecule has 18 heavy (non-hydrogen) atoms. The molecular weight excluding hydrogens is 273 g/mol. The van der Waals surface area contributed by atoms with E-state index in [2.05, 4.69) is 0 Å². The van der Waals surface area contributed by atoms with Crippen molar-refractivity contribution in [3.05, 3.63) is 33.8 Å². The number of Topliss-reactive ketones (excluding diaryl/α,β-unsaturated/α-hetero) is 1. The second-order valence-electron chi connectivity index (χ2n) is 4.12. The quantitative estimate of drug-likeness (QED) is 0.786. The molecular formula is C13H17Cl2NO2. The van der Waals surface area contributed by atoms with Crippen LogP contribution in [-0.4, -0.2) is 25.5 Å². The van der Waals surface area contributed by atoms with E-state index >= 15 is 0 Å². The molecule has 1 aromatic carbocycles. The predicted octanol–water partition coefficient (Wildman–Crippen LogP) is 2.86. The molecule has 1 aromatic rings. The average Bonchev–Trinajstić information content (AvgIpc) is 2.32. The Balaban J connectivity index is 2.53. The molecule has 0 fully saturated rings. The topological polar surface area (TPSA) is 52.3 Å². The van der Waals surface area contributed by atoms with E-state index in [1.54, 1.807) is 25.3 Å². The van der Waals surface area contributed by atoms with Crippen LogP contribution in [0, 0.1) is 0 Å². The van der Waals surface area contributed by atoms with Gasteiger partial charge in [0.2, 0.25) is 0 Å². The Morgan fingerprint density at radius 3 is 2.78 bits per heavy atom. The van der Waals surface area contributed by atoms with E-state index in [-0.39, 0.29) is 12.2 Å². The Morgan fingerprint density at radius 2 is 2.17 bits per heavy atom. The highest BCUT2D eigenvalue weighted by molar-refractivity contribution is 6.35. The summed E-state index contributed by atoms with van der Waals surface area (Å²) in [7, 11) is 1.63. The van der Waals surface area contributed by atoms with Crippen LogP contribution in [0.4, 0.5) is 0 Å². The monoisotopic (exact) mass is 289 g/mol. The van der Waals surface area contributed by atoms with E-state index < -0.39 is 6.04 Å². The lowest BCUT2D eigenvalue weighted by molar-refractivity contribution is -0.119. The number of rotatable bonds is 7. The molecule has 3 nitrogen and oxygen atoms in total. The fraction of sp³-hybridized carbons (Fsp3) is 0.462. The van der Waals surface area contributed by atoms with Crippen LogP contribution in [-0.2, 0) is 16.0 Å². The molecule has 0 spiro atoms. The number of ketones is 1. The van der Waals surface area contributed by atoms with Crippen LogP contribution in [0.15, 0.2) is 18.2 Å². The number of hydrogen-bond donors (Lipinski definition) is 1. The molecule has 0 aliphatic carbocycles. The normalized spacial score (nSPS) is 12.4. The number of carbonyl (C=O) groups excluding carboxylic acids is 1. The Hall–Kier alpha value is -0.610. The molecule has 0 radical (unpaired) electrons. The third-order valence-corrected chi connectivity index (χ3v) is 3.24. The van der Waals surface area contributed by atoms with Crippen LogP contribution in [0.25, 0.3) is 0 Å². The Kier molecular flexibility index (Phi) is 6.65. The number of hydrogen-bond acceptors (Lipinski definition) is 3. The summed E-state index contributed by atoms with van der Waals surface area (Å²) in [4.78, 5) is 11.9. The van der Waals surface area contributed by atoms with Crippen LogP contribution in [0.3, 0.4) is 0 Å². The molecule has 0 saturated heterocycles. The first-order valence-electron chi connectivity index (χ1n) is 5.75. The molecule has 0 bridgehead atoms. The molecule has 2 N–H and O–H groups in total. The molecule has 0 heterocycles. The first kappa shape index (κ1) is 15.4. The van der Waals surface area contributed by atoms with Crippen LogP contribution in [0.5, 0.6) is 0 Å². The van der Waals surface area contributed by atoms with E-state index in [0.717, 1.165) is 12.0 Å². The molecule has 1 rings (SSSR count). The molecule has 100 valence electrons. The maximum absolute atomic E-state index is 11.9. The molecule has 0 saturated carbocycles. The smallest absolute Gasteiger partial charge is 0.153 e. The van der Waals surface area contributed by atoms with E-state index in [4.69, 9.17) is 33.7 Å². The number of ether oxygens (including phenoxy) is 1. The zero-order valence-electron chi connectivity index (χ0n) is 10.3. The van der Waals surface area contributed by atoms with Gasteiger partial charge in [-0.3, -0.25) is 4.79 Å². The largest absolute Gasteiger partial charge is 0.385 e. The lowest BCUT2D eigenvalue weighted by Crippen LogP contribution is -2.32. The highest BCUT2D eigenvalue weighted by Gasteiger charge is 2.15. The summed E-state index contributed by atoms with van der Waals surface area (Å²) in [6.45, 7) is 0.614. The maximum Gasteiger partial charge on any atom is 0.153 e. The lowest BCUT2D eigenvalue weighted by atomic mass is 10.0. The Bertz CT molecular complexity index is 410. The van der Waals surface area contributed by atoms with Crippen molar-refractivity contribution in [3.63, 3.8) is 0 Å². The van der Waals surface area contributed by atoms with Gasteiger partial charge < -0.3 is 10.5 Å². The van der Waals surface area contributed by atoms with Gasteiger partial charge in [0, 0.05) is 30.2 Å². The Labute approximate surface area is 117 Å². The number of methoxy groups -OCH3 is 1. The molecule has 0 aliphatic heterocycles.